The maximum atomic E-state index is 6.36. The molecule has 0 aliphatic rings. The van der Waals surface area contributed by atoms with Crippen LogP contribution < -0.4 is 10.5 Å². The minimum Gasteiger partial charge on any atom is -0.496 e. The summed E-state index contributed by atoms with van der Waals surface area (Å²) in [7, 11) is 3.83. The van der Waals surface area contributed by atoms with Gasteiger partial charge in [-0.05, 0) is 32.9 Å². The SMILES string of the molecule is COc1ccc(C)cc1C(N)CN(C)C(C)C(C)C. The first-order valence-corrected chi connectivity index (χ1v) is 6.97. The van der Waals surface area contributed by atoms with Crippen LogP contribution >= 0.6 is 0 Å². The Hall–Kier alpha value is -1.06. The average Bonchev–Trinajstić information content (AvgIpc) is 2.37. The van der Waals surface area contributed by atoms with Crippen LogP contribution in [-0.2, 0) is 0 Å². The summed E-state index contributed by atoms with van der Waals surface area (Å²) in [4.78, 5) is 2.32. The molecule has 0 bridgehead atoms. The Morgan fingerprint density at radius 3 is 2.42 bits per heavy atom. The number of methoxy groups -OCH3 is 1. The van der Waals surface area contributed by atoms with E-state index in [9.17, 15) is 0 Å². The van der Waals surface area contributed by atoms with E-state index in [1.807, 2.05) is 6.07 Å². The lowest BCUT2D eigenvalue weighted by atomic mass is 10.0. The normalized spacial score (nSPS) is 14.8. The summed E-state index contributed by atoms with van der Waals surface area (Å²) < 4.78 is 5.41. The van der Waals surface area contributed by atoms with Gasteiger partial charge in [0.15, 0.2) is 0 Å². The fourth-order valence-electron chi connectivity index (χ4n) is 2.23. The molecule has 1 aromatic carbocycles. The maximum Gasteiger partial charge on any atom is 0.123 e. The van der Waals surface area contributed by atoms with E-state index in [4.69, 9.17) is 10.5 Å². The molecule has 0 saturated carbocycles. The molecule has 0 heterocycles. The van der Waals surface area contributed by atoms with Crippen molar-refractivity contribution in [3.63, 3.8) is 0 Å². The topological polar surface area (TPSA) is 38.5 Å². The summed E-state index contributed by atoms with van der Waals surface area (Å²) in [6.45, 7) is 9.63. The van der Waals surface area contributed by atoms with E-state index in [1.54, 1.807) is 7.11 Å². The largest absolute Gasteiger partial charge is 0.496 e. The van der Waals surface area contributed by atoms with E-state index >= 15 is 0 Å². The molecule has 0 aliphatic heterocycles. The van der Waals surface area contributed by atoms with E-state index in [-0.39, 0.29) is 6.04 Å². The molecule has 1 aromatic rings. The summed E-state index contributed by atoms with van der Waals surface area (Å²) in [5.41, 5.74) is 8.66. The van der Waals surface area contributed by atoms with Crippen LogP contribution in [0, 0.1) is 12.8 Å². The lowest BCUT2D eigenvalue weighted by Gasteiger charge is -2.30. The highest BCUT2D eigenvalue weighted by molar-refractivity contribution is 5.39. The predicted molar refractivity (Wildman–Crippen MR) is 81.6 cm³/mol. The van der Waals surface area contributed by atoms with Gasteiger partial charge in [0.25, 0.3) is 0 Å². The molecular formula is C16H28N2O. The summed E-state index contributed by atoms with van der Waals surface area (Å²) >= 11 is 0. The van der Waals surface area contributed by atoms with Crippen molar-refractivity contribution < 1.29 is 4.74 Å². The van der Waals surface area contributed by atoms with Gasteiger partial charge in [-0.3, -0.25) is 0 Å². The number of aryl methyl sites for hydroxylation is 1. The van der Waals surface area contributed by atoms with Crippen molar-refractivity contribution >= 4 is 0 Å². The molecule has 2 N–H and O–H groups in total. The van der Waals surface area contributed by atoms with Gasteiger partial charge >= 0.3 is 0 Å². The Labute approximate surface area is 117 Å². The number of ether oxygens (including phenoxy) is 1. The van der Waals surface area contributed by atoms with Crippen LogP contribution in [0.5, 0.6) is 5.75 Å². The van der Waals surface area contributed by atoms with Gasteiger partial charge in [0.05, 0.1) is 7.11 Å². The fourth-order valence-corrected chi connectivity index (χ4v) is 2.23. The number of benzene rings is 1. The molecule has 108 valence electrons. The molecule has 0 aromatic heterocycles. The van der Waals surface area contributed by atoms with Crippen LogP contribution in [0.25, 0.3) is 0 Å². The zero-order chi connectivity index (χ0) is 14.6. The van der Waals surface area contributed by atoms with Crippen molar-refractivity contribution in [3.05, 3.63) is 29.3 Å². The average molecular weight is 264 g/mol. The van der Waals surface area contributed by atoms with Crippen LogP contribution in [0.3, 0.4) is 0 Å². The van der Waals surface area contributed by atoms with E-state index in [2.05, 4.69) is 51.8 Å². The Morgan fingerprint density at radius 1 is 1.26 bits per heavy atom. The monoisotopic (exact) mass is 264 g/mol. The molecule has 2 atom stereocenters. The van der Waals surface area contributed by atoms with E-state index < -0.39 is 0 Å². The third kappa shape index (κ3) is 4.22. The van der Waals surface area contributed by atoms with E-state index in [0.29, 0.717) is 12.0 Å². The third-order valence-corrected chi connectivity index (χ3v) is 3.93. The smallest absolute Gasteiger partial charge is 0.123 e. The van der Waals surface area contributed by atoms with Gasteiger partial charge in [-0.1, -0.05) is 31.5 Å². The summed E-state index contributed by atoms with van der Waals surface area (Å²) in [5.74, 6) is 1.50. The molecule has 19 heavy (non-hydrogen) atoms. The quantitative estimate of drug-likeness (QED) is 0.858. The highest BCUT2D eigenvalue weighted by atomic mass is 16.5. The Balaban J connectivity index is 2.83. The zero-order valence-electron chi connectivity index (χ0n) is 13.1. The summed E-state index contributed by atoms with van der Waals surface area (Å²) in [6.07, 6.45) is 0. The molecule has 0 spiro atoms. The Kier molecular flexibility index (Phi) is 5.83. The highest BCUT2D eigenvalue weighted by Crippen LogP contribution is 2.26. The number of rotatable bonds is 6. The van der Waals surface area contributed by atoms with E-state index in [1.165, 1.54) is 5.56 Å². The standard InChI is InChI=1S/C16H28N2O/c1-11(2)13(4)18(5)10-15(17)14-9-12(3)7-8-16(14)19-6/h7-9,11,13,15H,10,17H2,1-6H3. The van der Waals surface area contributed by atoms with Crippen molar-refractivity contribution in [1.29, 1.82) is 0 Å². The second-order valence-corrected chi connectivity index (χ2v) is 5.78. The lowest BCUT2D eigenvalue weighted by Crippen LogP contribution is -2.38. The number of likely N-dealkylation sites (N-methyl/N-ethyl adjacent to an activating group) is 1. The zero-order valence-corrected chi connectivity index (χ0v) is 13.1. The molecule has 3 nitrogen and oxygen atoms in total. The van der Waals surface area contributed by atoms with Gasteiger partial charge in [-0.25, -0.2) is 0 Å². The minimum absolute atomic E-state index is 0.0268. The van der Waals surface area contributed by atoms with Crippen LogP contribution in [0.1, 0.15) is 37.9 Å². The molecule has 0 amide bonds. The van der Waals surface area contributed by atoms with Crippen LogP contribution in [-0.4, -0.2) is 31.6 Å². The van der Waals surface area contributed by atoms with Crippen molar-refractivity contribution in [3.8, 4) is 5.75 Å². The minimum atomic E-state index is -0.0268. The van der Waals surface area contributed by atoms with Crippen LogP contribution in [0.2, 0.25) is 0 Å². The second-order valence-electron chi connectivity index (χ2n) is 5.78. The highest BCUT2D eigenvalue weighted by Gasteiger charge is 2.19. The van der Waals surface area contributed by atoms with Crippen LogP contribution in [0.4, 0.5) is 0 Å². The van der Waals surface area contributed by atoms with Gasteiger partial charge < -0.3 is 15.4 Å². The lowest BCUT2D eigenvalue weighted by molar-refractivity contribution is 0.196. The second kappa shape index (κ2) is 6.92. The van der Waals surface area contributed by atoms with Crippen molar-refractivity contribution in [2.24, 2.45) is 11.7 Å². The third-order valence-electron chi connectivity index (χ3n) is 3.93. The van der Waals surface area contributed by atoms with Crippen molar-refractivity contribution in [2.75, 3.05) is 20.7 Å². The molecule has 1 rings (SSSR count). The van der Waals surface area contributed by atoms with Crippen molar-refractivity contribution in [1.82, 2.24) is 4.90 Å². The molecular weight excluding hydrogens is 236 g/mol. The molecule has 0 aliphatic carbocycles. The predicted octanol–water partition coefficient (Wildman–Crippen LogP) is 2.98. The fraction of sp³-hybridized carbons (Fsp3) is 0.625. The maximum absolute atomic E-state index is 6.36. The molecule has 2 unspecified atom stereocenters. The first kappa shape index (κ1) is 16.0. The van der Waals surface area contributed by atoms with Crippen LogP contribution in [0.15, 0.2) is 18.2 Å². The first-order chi connectivity index (χ1) is 8.86. The van der Waals surface area contributed by atoms with Gasteiger partial charge in [-0.2, -0.15) is 0 Å². The first-order valence-electron chi connectivity index (χ1n) is 6.97. The molecule has 0 radical (unpaired) electrons. The molecule has 0 saturated heterocycles. The number of nitrogens with two attached hydrogens (primary N) is 1. The Morgan fingerprint density at radius 2 is 1.89 bits per heavy atom. The van der Waals surface area contributed by atoms with Gasteiger partial charge in [0, 0.05) is 24.2 Å². The number of hydrogen-bond donors (Lipinski definition) is 1. The summed E-state index contributed by atoms with van der Waals surface area (Å²) in [6, 6.07) is 6.66. The Bertz CT molecular complexity index is 404. The number of hydrogen-bond acceptors (Lipinski definition) is 3. The van der Waals surface area contributed by atoms with Crippen molar-refractivity contribution in [2.45, 2.75) is 39.8 Å². The van der Waals surface area contributed by atoms with Gasteiger partial charge in [0.1, 0.15) is 5.75 Å². The molecule has 0 fully saturated rings. The van der Waals surface area contributed by atoms with Gasteiger partial charge in [0.2, 0.25) is 0 Å². The number of nitrogens with zero attached hydrogens (tertiary/aromatic N) is 1. The summed E-state index contributed by atoms with van der Waals surface area (Å²) in [5, 5.41) is 0. The van der Waals surface area contributed by atoms with Gasteiger partial charge in [-0.15, -0.1) is 0 Å². The van der Waals surface area contributed by atoms with E-state index in [0.717, 1.165) is 17.9 Å². The molecule has 3 heteroatoms.